The van der Waals surface area contributed by atoms with Crippen LogP contribution in [-0.2, 0) is 19.1 Å². The maximum Gasteiger partial charge on any atom is 0.246 e. The highest BCUT2D eigenvalue weighted by atomic mass is 16.5. The molecule has 0 aromatic rings. The third-order valence-electron chi connectivity index (χ3n) is 6.06. The number of hydrogen-bond donors (Lipinski definition) is 4. The molecule has 0 aliphatic carbocycles. The highest BCUT2D eigenvalue weighted by Crippen LogP contribution is 2.20. The lowest BCUT2D eigenvalue weighted by Crippen LogP contribution is -2.52. The Morgan fingerprint density at radius 3 is 2.62 bits per heavy atom. The van der Waals surface area contributed by atoms with E-state index in [9.17, 15) is 19.5 Å². The molecule has 4 N–H and O–H groups in total. The highest BCUT2D eigenvalue weighted by molar-refractivity contribution is 5.87. The average Bonchev–Trinajstić information content (AvgIpc) is 2.74. The van der Waals surface area contributed by atoms with E-state index in [0.717, 1.165) is 44.9 Å². The van der Waals surface area contributed by atoms with Crippen LogP contribution in [0.4, 0.5) is 0 Å². The van der Waals surface area contributed by atoms with Gasteiger partial charge in [-0.2, -0.15) is 0 Å². The van der Waals surface area contributed by atoms with Crippen LogP contribution in [0.1, 0.15) is 85.5 Å². The predicted molar refractivity (Wildman–Crippen MR) is 125 cm³/mol. The van der Waals surface area contributed by atoms with Gasteiger partial charge in [0, 0.05) is 19.1 Å². The lowest BCUT2D eigenvalue weighted by Gasteiger charge is -2.29. The molecule has 1 aliphatic heterocycles. The molecule has 3 amide bonds. The Hall–Kier alpha value is -1.67. The first-order chi connectivity index (χ1) is 15.2. The van der Waals surface area contributed by atoms with Crippen LogP contribution in [-0.4, -0.2) is 60.8 Å². The first-order valence-corrected chi connectivity index (χ1v) is 12.4. The summed E-state index contributed by atoms with van der Waals surface area (Å²) in [6.07, 6.45) is 7.12. The molecule has 1 aliphatic rings. The van der Waals surface area contributed by atoms with Crippen molar-refractivity contribution in [1.82, 2.24) is 16.0 Å². The Balaban J connectivity index is 2.79. The van der Waals surface area contributed by atoms with E-state index in [-0.39, 0.29) is 36.7 Å². The minimum Gasteiger partial charge on any atom is -0.391 e. The number of hydrogen-bond acceptors (Lipinski definition) is 5. The molecule has 5 atom stereocenters. The molecule has 1 saturated heterocycles. The maximum atomic E-state index is 12.7. The van der Waals surface area contributed by atoms with Crippen molar-refractivity contribution in [2.75, 3.05) is 19.8 Å². The molecule has 1 heterocycles. The van der Waals surface area contributed by atoms with Crippen LogP contribution in [0.2, 0.25) is 0 Å². The second kappa shape index (κ2) is 16.0. The molecule has 0 aromatic heterocycles. The van der Waals surface area contributed by atoms with Gasteiger partial charge in [-0.3, -0.25) is 14.4 Å². The smallest absolute Gasteiger partial charge is 0.246 e. The van der Waals surface area contributed by atoms with Gasteiger partial charge in [-0.1, -0.05) is 52.9 Å². The van der Waals surface area contributed by atoms with Gasteiger partial charge in [0.2, 0.25) is 17.7 Å². The van der Waals surface area contributed by atoms with E-state index in [2.05, 4.69) is 29.8 Å². The van der Waals surface area contributed by atoms with Crippen LogP contribution in [0, 0.1) is 11.8 Å². The third kappa shape index (κ3) is 11.8. The second-order valence-corrected chi connectivity index (χ2v) is 9.35. The van der Waals surface area contributed by atoms with Crippen molar-refractivity contribution in [3.63, 3.8) is 0 Å². The number of carbonyl (C=O) groups excluding carboxylic acids is 3. The minimum absolute atomic E-state index is 0.0641. The monoisotopic (exact) mass is 455 g/mol. The summed E-state index contributed by atoms with van der Waals surface area (Å²) in [5.41, 5.74) is 0. The van der Waals surface area contributed by atoms with Crippen LogP contribution < -0.4 is 16.0 Å². The minimum atomic E-state index is -0.849. The van der Waals surface area contributed by atoms with Crippen molar-refractivity contribution in [3.8, 4) is 0 Å². The van der Waals surface area contributed by atoms with E-state index in [1.54, 1.807) is 13.8 Å². The molecule has 0 radical (unpaired) electrons. The second-order valence-electron chi connectivity index (χ2n) is 9.35. The van der Waals surface area contributed by atoms with Gasteiger partial charge in [0.25, 0.3) is 0 Å². The molecule has 2 unspecified atom stereocenters. The van der Waals surface area contributed by atoms with Crippen molar-refractivity contribution in [2.24, 2.45) is 11.8 Å². The normalized spacial score (nSPS) is 26.5. The summed E-state index contributed by atoms with van der Waals surface area (Å²) in [5.74, 6) is -0.795. The largest absolute Gasteiger partial charge is 0.391 e. The van der Waals surface area contributed by atoms with Gasteiger partial charge in [-0.05, 0) is 38.5 Å². The number of aliphatic hydroxyl groups excluding tert-OH is 1. The maximum absolute atomic E-state index is 12.7. The standard InChI is InChI=1S/C24H45N3O5/c1-5-6-12-25-23(30)18(3)15-21(28)20-14-17(2)11-9-7-8-10-13-32-16-22(29)26-19(4)24(31)27-20/h17-21,28H,5-16H2,1-4H3,(H,25,30)(H,26,29)(H,27,31)/t17-,18?,19+,20+,21?/m1/s1. The van der Waals surface area contributed by atoms with Crippen molar-refractivity contribution < 1.29 is 24.2 Å². The Morgan fingerprint density at radius 1 is 1.19 bits per heavy atom. The fourth-order valence-electron chi connectivity index (χ4n) is 3.93. The molecule has 32 heavy (non-hydrogen) atoms. The summed E-state index contributed by atoms with van der Waals surface area (Å²) in [6, 6.07) is -1.22. The molecule has 1 fully saturated rings. The molecular weight excluding hydrogens is 410 g/mol. The fourth-order valence-corrected chi connectivity index (χ4v) is 3.93. The van der Waals surface area contributed by atoms with Crippen molar-refractivity contribution in [2.45, 2.75) is 104 Å². The van der Waals surface area contributed by atoms with E-state index in [4.69, 9.17) is 4.74 Å². The van der Waals surface area contributed by atoms with E-state index < -0.39 is 18.2 Å². The van der Waals surface area contributed by atoms with Crippen LogP contribution >= 0.6 is 0 Å². The number of nitrogens with one attached hydrogen (secondary N) is 3. The summed E-state index contributed by atoms with van der Waals surface area (Å²) in [5, 5.41) is 19.4. The van der Waals surface area contributed by atoms with Gasteiger partial charge in [-0.15, -0.1) is 0 Å². The molecule has 0 spiro atoms. The predicted octanol–water partition coefficient (Wildman–Crippen LogP) is 2.29. The number of unbranched alkanes of at least 4 members (excludes halogenated alkanes) is 1. The Morgan fingerprint density at radius 2 is 1.91 bits per heavy atom. The first-order valence-electron chi connectivity index (χ1n) is 12.4. The molecule has 0 aromatic carbocycles. The lowest BCUT2D eigenvalue weighted by atomic mass is 9.89. The summed E-state index contributed by atoms with van der Waals surface area (Å²) in [7, 11) is 0. The molecule has 0 bridgehead atoms. The van der Waals surface area contributed by atoms with Crippen molar-refractivity contribution >= 4 is 17.7 Å². The zero-order chi connectivity index (χ0) is 23.9. The lowest BCUT2D eigenvalue weighted by molar-refractivity contribution is -0.132. The highest BCUT2D eigenvalue weighted by Gasteiger charge is 2.28. The van der Waals surface area contributed by atoms with Crippen LogP contribution in [0.3, 0.4) is 0 Å². The summed E-state index contributed by atoms with van der Waals surface area (Å²) >= 11 is 0. The Labute approximate surface area is 193 Å². The summed E-state index contributed by atoms with van der Waals surface area (Å²) in [4.78, 5) is 37.1. The van der Waals surface area contributed by atoms with Gasteiger partial charge in [0.05, 0.1) is 12.1 Å². The first kappa shape index (κ1) is 28.4. The van der Waals surface area contributed by atoms with Crippen LogP contribution in [0.5, 0.6) is 0 Å². The number of ether oxygens (including phenoxy) is 1. The van der Waals surface area contributed by atoms with Gasteiger partial charge in [0.15, 0.2) is 0 Å². The van der Waals surface area contributed by atoms with E-state index in [1.807, 2.05) is 0 Å². The van der Waals surface area contributed by atoms with Gasteiger partial charge in [0.1, 0.15) is 12.6 Å². The number of rotatable bonds is 7. The zero-order valence-electron chi connectivity index (χ0n) is 20.5. The quantitative estimate of drug-likeness (QED) is 0.440. The third-order valence-corrected chi connectivity index (χ3v) is 6.06. The summed E-state index contributed by atoms with van der Waals surface area (Å²) in [6.45, 7) is 8.73. The van der Waals surface area contributed by atoms with E-state index >= 15 is 0 Å². The topological polar surface area (TPSA) is 117 Å². The van der Waals surface area contributed by atoms with Gasteiger partial charge >= 0.3 is 0 Å². The molecule has 0 saturated carbocycles. The average molecular weight is 456 g/mol. The zero-order valence-corrected chi connectivity index (χ0v) is 20.5. The SMILES string of the molecule is CCCCNC(=O)C(C)CC(O)[C@@H]1C[C@H](C)CCCCCCOCC(=O)N[C@@H](C)C(=O)N1. The van der Waals surface area contributed by atoms with E-state index in [0.29, 0.717) is 25.5 Å². The number of amides is 3. The van der Waals surface area contributed by atoms with E-state index in [1.165, 1.54) is 0 Å². The molecule has 8 heteroatoms. The van der Waals surface area contributed by atoms with Crippen molar-refractivity contribution in [1.29, 1.82) is 0 Å². The van der Waals surface area contributed by atoms with Crippen LogP contribution in [0.25, 0.3) is 0 Å². The molecular formula is C24H45N3O5. The molecule has 1 rings (SSSR count). The molecule has 186 valence electrons. The summed E-state index contributed by atoms with van der Waals surface area (Å²) < 4.78 is 5.39. The van der Waals surface area contributed by atoms with Gasteiger partial charge < -0.3 is 25.8 Å². The number of aliphatic hydroxyl groups is 1. The fraction of sp³-hybridized carbons (Fsp3) is 0.875. The van der Waals surface area contributed by atoms with Crippen LogP contribution in [0.15, 0.2) is 0 Å². The number of carbonyl (C=O) groups is 3. The Bertz CT molecular complexity index is 572. The molecule has 8 nitrogen and oxygen atoms in total. The Kier molecular flexibility index (Phi) is 14.2. The van der Waals surface area contributed by atoms with Gasteiger partial charge in [-0.25, -0.2) is 0 Å². The van der Waals surface area contributed by atoms with Crippen molar-refractivity contribution in [3.05, 3.63) is 0 Å².